The summed E-state index contributed by atoms with van der Waals surface area (Å²) in [4.78, 5) is 41.5. The SMILES string of the molecule is C=CCN(C(=O)C(CCSC)NC(=O)OC(C)(C)C)C(C(=O)Nc1ccc(OC)cc1)c1ccccc1O. The Balaban J connectivity index is 2.48. The molecule has 0 saturated carbocycles. The summed E-state index contributed by atoms with van der Waals surface area (Å²) in [6.45, 7) is 8.93. The molecule has 3 amide bonds. The van der Waals surface area contributed by atoms with Crippen LogP contribution >= 0.6 is 11.8 Å². The van der Waals surface area contributed by atoms with Crippen molar-refractivity contribution in [3.63, 3.8) is 0 Å². The van der Waals surface area contributed by atoms with Crippen LogP contribution in [0.5, 0.6) is 11.5 Å². The molecule has 0 aliphatic heterocycles. The maximum atomic E-state index is 13.9. The fourth-order valence-corrected chi connectivity index (χ4v) is 4.13. The predicted molar refractivity (Wildman–Crippen MR) is 151 cm³/mol. The van der Waals surface area contributed by atoms with Crippen LogP contribution < -0.4 is 15.4 Å². The van der Waals surface area contributed by atoms with Gasteiger partial charge in [0.2, 0.25) is 5.91 Å². The van der Waals surface area contributed by atoms with Gasteiger partial charge in [-0.1, -0.05) is 24.3 Å². The van der Waals surface area contributed by atoms with Gasteiger partial charge in [-0.05, 0) is 69.5 Å². The fraction of sp³-hybridized carbons (Fsp3) is 0.393. The Bertz CT molecular complexity index is 1100. The topological polar surface area (TPSA) is 117 Å². The van der Waals surface area contributed by atoms with E-state index in [1.807, 2.05) is 6.26 Å². The first kappa shape index (κ1) is 30.6. The second-order valence-electron chi connectivity index (χ2n) is 9.44. The second-order valence-corrected chi connectivity index (χ2v) is 10.4. The molecule has 38 heavy (non-hydrogen) atoms. The minimum atomic E-state index is -1.22. The lowest BCUT2D eigenvalue weighted by molar-refractivity contribution is -0.140. The molecule has 9 nitrogen and oxygen atoms in total. The maximum absolute atomic E-state index is 13.9. The van der Waals surface area contributed by atoms with E-state index in [1.165, 1.54) is 28.8 Å². The van der Waals surface area contributed by atoms with Crippen LogP contribution in [-0.4, -0.2) is 65.2 Å². The highest BCUT2D eigenvalue weighted by atomic mass is 32.2. The number of phenols is 1. The quantitative estimate of drug-likeness (QED) is 0.331. The van der Waals surface area contributed by atoms with E-state index in [1.54, 1.807) is 70.3 Å². The molecule has 206 valence electrons. The van der Waals surface area contributed by atoms with Crippen LogP contribution in [0.4, 0.5) is 10.5 Å². The Hall–Kier alpha value is -3.66. The minimum absolute atomic E-state index is 0.0143. The molecule has 0 radical (unpaired) electrons. The van der Waals surface area contributed by atoms with Gasteiger partial charge in [-0.25, -0.2) is 4.79 Å². The zero-order chi connectivity index (χ0) is 28.3. The van der Waals surface area contributed by atoms with Crippen molar-refractivity contribution >= 4 is 35.4 Å². The van der Waals surface area contributed by atoms with Gasteiger partial charge in [0.05, 0.1) is 7.11 Å². The molecule has 2 aromatic rings. The van der Waals surface area contributed by atoms with Gasteiger partial charge in [0, 0.05) is 17.8 Å². The van der Waals surface area contributed by atoms with Crippen LogP contribution in [0, 0.1) is 0 Å². The number of hydrogen-bond donors (Lipinski definition) is 3. The summed E-state index contributed by atoms with van der Waals surface area (Å²) >= 11 is 1.52. The Morgan fingerprint density at radius 1 is 1.13 bits per heavy atom. The number of nitrogens with one attached hydrogen (secondary N) is 2. The molecule has 2 unspecified atom stereocenters. The highest BCUT2D eigenvalue weighted by molar-refractivity contribution is 7.98. The number of amides is 3. The van der Waals surface area contributed by atoms with E-state index in [0.29, 0.717) is 23.6 Å². The van der Waals surface area contributed by atoms with E-state index in [2.05, 4.69) is 17.2 Å². The number of aromatic hydroxyl groups is 1. The van der Waals surface area contributed by atoms with Gasteiger partial charge in [0.1, 0.15) is 29.2 Å². The van der Waals surface area contributed by atoms with E-state index in [0.717, 1.165) is 0 Å². The number of phenolic OH excluding ortho intramolecular Hbond substituents is 1. The summed E-state index contributed by atoms with van der Waals surface area (Å²) in [6, 6.07) is 10.9. The number of benzene rings is 2. The molecule has 0 spiro atoms. The number of anilines is 1. The third-order valence-electron chi connectivity index (χ3n) is 5.36. The third-order valence-corrected chi connectivity index (χ3v) is 6.00. The van der Waals surface area contributed by atoms with Crippen LogP contribution in [0.15, 0.2) is 61.2 Å². The van der Waals surface area contributed by atoms with Crippen LogP contribution in [0.2, 0.25) is 0 Å². The van der Waals surface area contributed by atoms with E-state index in [4.69, 9.17) is 9.47 Å². The molecule has 0 aromatic heterocycles. The molecule has 0 heterocycles. The summed E-state index contributed by atoms with van der Waals surface area (Å²) < 4.78 is 10.5. The van der Waals surface area contributed by atoms with E-state index < -0.39 is 35.6 Å². The van der Waals surface area contributed by atoms with Gasteiger partial charge in [-0.2, -0.15) is 11.8 Å². The normalized spacial score (nSPS) is 12.6. The van der Waals surface area contributed by atoms with E-state index in [-0.39, 0.29) is 17.9 Å². The molecule has 2 rings (SSSR count). The van der Waals surface area contributed by atoms with Crippen molar-refractivity contribution in [2.24, 2.45) is 0 Å². The highest BCUT2D eigenvalue weighted by Crippen LogP contribution is 2.31. The number of alkyl carbamates (subject to hydrolysis) is 1. The number of carbonyl (C=O) groups excluding carboxylic acids is 3. The predicted octanol–water partition coefficient (Wildman–Crippen LogP) is 4.74. The first-order valence-corrected chi connectivity index (χ1v) is 13.5. The lowest BCUT2D eigenvalue weighted by Crippen LogP contribution is -2.52. The number of nitrogens with zero attached hydrogens (tertiary/aromatic N) is 1. The fourth-order valence-electron chi connectivity index (χ4n) is 3.66. The van der Waals surface area contributed by atoms with Crippen LogP contribution in [0.3, 0.4) is 0 Å². The van der Waals surface area contributed by atoms with Crippen LogP contribution in [-0.2, 0) is 14.3 Å². The number of ether oxygens (including phenoxy) is 2. The van der Waals surface area contributed by atoms with Crippen molar-refractivity contribution in [2.45, 2.75) is 44.9 Å². The molecule has 0 saturated heterocycles. The minimum Gasteiger partial charge on any atom is -0.508 e. The number of carbonyl (C=O) groups is 3. The standard InChI is InChI=1S/C28H37N3O6S/c1-7-17-31(26(34)22(16-18-38-6)30-27(35)37-28(2,3)4)24(21-10-8-9-11-23(21)32)25(33)29-19-12-14-20(36-5)15-13-19/h7-15,22,24,32H,1,16-18H2,2-6H3,(H,29,33)(H,30,35). The molecule has 0 bridgehead atoms. The Kier molecular flexibility index (Phi) is 11.5. The monoisotopic (exact) mass is 543 g/mol. The van der Waals surface area contributed by atoms with Gasteiger partial charge in [-0.15, -0.1) is 6.58 Å². The lowest BCUT2D eigenvalue weighted by Gasteiger charge is -2.34. The Morgan fingerprint density at radius 2 is 1.79 bits per heavy atom. The van der Waals surface area contributed by atoms with Crippen LogP contribution in [0.25, 0.3) is 0 Å². The molecular formula is C28H37N3O6S. The van der Waals surface area contributed by atoms with Crippen LogP contribution in [0.1, 0.15) is 38.8 Å². The largest absolute Gasteiger partial charge is 0.508 e. The molecule has 2 atom stereocenters. The Morgan fingerprint density at radius 3 is 2.34 bits per heavy atom. The van der Waals surface area contributed by atoms with Crippen molar-refractivity contribution in [3.05, 3.63) is 66.7 Å². The number of thioether (sulfide) groups is 1. The van der Waals surface area contributed by atoms with Crippen molar-refractivity contribution in [1.29, 1.82) is 0 Å². The molecule has 0 aliphatic rings. The van der Waals surface area contributed by atoms with E-state index in [9.17, 15) is 19.5 Å². The van der Waals surface area contributed by atoms with Gasteiger partial charge < -0.3 is 30.1 Å². The Labute approximate surface area is 228 Å². The van der Waals surface area contributed by atoms with Gasteiger partial charge in [0.25, 0.3) is 5.91 Å². The summed E-state index contributed by atoms with van der Waals surface area (Å²) in [5, 5.41) is 16.1. The second kappa shape index (κ2) is 14.3. The molecule has 3 N–H and O–H groups in total. The summed E-state index contributed by atoms with van der Waals surface area (Å²) in [5.74, 6) is -0.0118. The average Bonchev–Trinajstić information content (AvgIpc) is 2.86. The molecule has 0 fully saturated rings. The number of para-hydroxylation sites is 1. The first-order chi connectivity index (χ1) is 18.0. The smallest absolute Gasteiger partial charge is 0.408 e. The van der Waals surface area contributed by atoms with Crippen molar-refractivity contribution in [3.8, 4) is 11.5 Å². The van der Waals surface area contributed by atoms with Gasteiger partial charge >= 0.3 is 6.09 Å². The summed E-state index contributed by atoms with van der Waals surface area (Å²) in [6.07, 6.45) is 2.95. The number of hydrogen-bond acceptors (Lipinski definition) is 7. The summed E-state index contributed by atoms with van der Waals surface area (Å²) in [7, 11) is 1.54. The van der Waals surface area contributed by atoms with Gasteiger partial charge in [-0.3, -0.25) is 9.59 Å². The lowest BCUT2D eigenvalue weighted by atomic mass is 10.0. The highest BCUT2D eigenvalue weighted by Gasteiger charge is 2.36. The van der Waals surface area contributed by atoms with Gasteiger partial charge in [0.15, 0.2) is 0 Å². The zero-order valence-electron chi connectivity index (χ0n) is 22.5. The average molecular weight is 544 g/mol. The third kappa shape index (κ3) is 9.02. The van der Waals surface area contributed by atoms with Crippen molar-refractivity contribution in [2.75, 3.05) is 31.0 Å². The molecule has 0 aliphatic carbocycles. The summed E-state index contributed by atoms with van der Waals surface area (Å²) in [5.41, 5.74) is -0.0446. The van der Waals surface area contributed by atoms with Crippen molar-refractivity contribution in [1.82, 2.24) is 10.2 Å². The zero-order valence-corrected chi connectivity index (χ0v) is 23.3. The first-order valence-electron chi connectivity index (χ1n) is 12.1. The number of methoxy groups -OCH3 is 1. The molecule has 10 heteroatoms. The molecule has 2 aromatic carbocycles. The molecular weight excluding hydrogens is 506 g/mol. The van der Waals surface area contributed by atoms with E-state index >= 15 is 0 Å². The maximum Gasteiger partial charge on any atom is 0.408 e. The van der Waals surface area contributed by atoms with Crippen molar-refractivity contribution < 1.29 is 29.0 Å². The number of rotatable bonds is 12.